The monoisotopic (exact) mass is 201 g/mol. The summed E-state index contributed by atoms with van der Waals surface area (Å²) in [4.78, 5) is 22.9. The summed E-state index contributed by atoms with van der Waals surface area (Å²) in [5.74, 6) is -0.313. The number of quaternary nitrogens is 1. The largest absolute Gasteiger partial charge is 0.364 e. The van der Waals surface area contributed by atoms with Crippen LogP contribution in [0.2, 0.25) is 0 Å². The van der Waals surface area contributed by atoms with E-state index >= 15 is 0 Å². The Morgan fingerprint density at radius 1 is 1.29 bits per heavy atom. The van der Waals surface area contributed by atoms with E-state index in [4.69, 9.17) is 5.73 Å². The van der Waals surface area contributed by atoms with Gasteiger partial charge in [0.1, 0.15) is 0 Å². The summed E-state index contributed by atoms with van der Waals surface area (Å²) >= 11 is 0. The molecular formula is C10H21N2O2+. The van der Waals surface area contributed by atoms with Crippen molar-refractivity contribution in [2.75, 3.05) is 14.1 Å². The highest BCUT2D eigenvalue weighted by Crippen LogP contribution is 2.17. The lowest BCUT2D eigenvalue weighted by Crippen LogP contribution is -2.60. The Hall–Kier alpha value is -0.900. The Balaban J connectivity index is 4.99. The number of rotatable bonds is 4. The molecule has 1 unspecified atom stereocenters. The van der Waals surface area contributed by atoms with Gasteiger partial charge in [-0.2, -0.15) is 0 Å². The number of nitrogens with two attached hydrogens (primary N) is 1. The Morgan fingerprint density at radius 3 is 1.93 bits per heavy atom. The maximum atomic E-state index is 11.6. The van der Waals surface area contributed by atoms with E-state index in [0.717, 1.165) is 0 Å². The number of primary amides is 1. The maximum absolute atomic E-state index is 11.6. The van der Waals surface area contributed by atoms with E-state index in [1.54, 1.807) is 21.0 Å². The lowest BCUT2D eigenvalue weighted by atomic mass is 10.00. The van der Waals surface area contributed by atoms with Crippen molar-refractivity contribution in [1.82, 2.24) is 0 Å². The normalized spacial score (nSPS) is 14.1. The molecular weight excluding hydrogens is 180 g/mol. The van der Waals surface area contributed by atoms with Crippen LogP contribution in [0.15, 0.2) is 0 Å². The third-order valence-corrected chi connectivity index (χ3v) is 2.56. The fourth-order valence-corrected chi connectivity index (χ4v) is 1.95. The zero-order chi connectivity index (χ0) is 11.5. The number of likely N-dealkylation sites (N-methyl/N-ethyl adjacent to an activating group) is 1. The Morgan fingerprint density at radius 2 is 1.71 bits per heavy atom. The number of carbonyl (C=O) groups is 2. The highest BCUT2D eigenvalue weighted by atomic mass is 16.2. The molecule has 0 aliphatic rings. The number of nitrogens with zero attached hydrogens (tertiary/aromatic N) is 1. The van der Waals surface area contributed by atoms with Gasteiger partial charge >= 0.3 is 5.91 Å². The third kappa shape index (κ3) is 2.54. The number of hydrogen-bond acceptors (Lipinski definition) is 2. The standard InChI is InChI=1S/C10H20N2O2/c1-6-8(13)12(4,5)9(7(2)3)10(11)14/h7,9H,6H2,1-5H3,(H-,11,14)/p+1. The first kappa shape index (κ1) is 13.1. The van der Waals surface area contributed by atoms with Gasteiger partial charge < -0.3 is 5.73 Å². The van der Waals surface area contributed by atoms with Gasteiger partial charge in [-0.25, -0.2) is 4.79 Å². The minimum Gasteiger partial charge on any atom is -0.364 e. The van der Waals surface area contributed by atoms with Gasteiger partial charge in [0.2, 0.25) is 0 Å². The van der Waals surface area contributed by atoms with E-state index in [9.17, 15) is 9.59 Å². The van der Waals surface area contributed by atoms with Crippen molar-refractivity contribution in [1.29, 1.82) is 0 Å². The molecule has 0 radical (unpaired) electrons. The summed E-state index contributed by atoms with van der Waals surface area (Å²) in [6, 6.07) is -0.442. The molecule has 0 aliphatic carbocycles. The maximum Gasteiger partial charge on any atom is 0.313 e. The highest BCUT2D eigenvalue weighted by molar-refractivity contribution is 5.82. The molecule has 0 saturated heterocycles. The van der Waals surface area contributed by atoms with Crippen molar-refractivity contribution in [2.24, 2.45) is 11.7 Å². The molecule has 0 bridgehead atoms. The molecule has 0 rings (SSSR count). The zero-order valence-electron chi connectivity index (χ0n) is 9.70. The molecule has 4 heteroatoms. The van der Waals surface area contributed by atoms with Crippen LogP contribution in [0.1, 0.15) is 27.2 Å². The van der Waals surface area contributed by atoms with E-state index in [-0.39, 0.29) is 16.3 Å². The highest BCUT2D eigenvalue weighted by Gasteiger charge is 2.40. The second-order valence-corrected chi connectivity index (χ2v) is 4.38. The van der Waals surface area contributed by atoms with Crippen LogP contribution >= 0.6 is 0 Å². The van der Waals surface area contributed by atoms with E-state index in [1.165, 1.54) is 0 Å². The fourth-order valence-electron chi connectivity index (χ4n) is 1.95. The quantitative estimate of drug-likeness (QED) is 0.674. The topological polar surface area (TPSA) is 60.2 Å². The summed E-state index contributed by atoms with van der Waals surface area (Å²) < 4.78 is 0.0451. The van der Waals surface area contributed by atoms with Crippen LogP contribution in [0, 0.1) is 5.92 Å². The van der Waals surface area contributed by atoms with E-state index in [0.29, 0.717) is 6.42 Å². The van der Waals surface area contributed by atoms with Gasteiger partial charge in [-0.1, -0.05) is 20.8 Å². The van der Waals surface area contributed by atoms with Gasteiger partial charge in [-0.05, 0) is 0 Å². The van der Waals surface area contributed by atoms with Gasteiger partial charge in [0, 0.05) is 5.92 Å². The first-order valence-corrected chi connectivity index (χ1v) is 4.91. The lowest BCUT2D eigenvalue weighted by Gasteiger charge is -2.35. The summed E-state index contributed by atoms with van der Waals surface area (Å²) in [5.41, 5.74) is 5.31. The van der Waals surface area contributed by atoms with Crippen molar-refractivity contribution in [3.05, 3.63) is 0 Å². The third-order valence-electron chi connectivity index (χ3n) is 2.56. The first-order chi connectivity index (χ1) is 6.25. The molecule has 14 heavy (non-hydrogen) atoms. The van der Waals surface area contributed by atoms with Crippen LogP contribution < -0.4 is 5.73 Å². The van der Waals surface area contributed by atoms with Crippen LogP contribution in [0.25, 0.3) is 0 Å². The molecule has 0 fully saturated rings. The molecule has 0 saturated carbocycles. The predicted octanol–water partition coefficient (Wildman–Crippen LogP) is 0.509. The van der Waals surface area contributed by atoms with Crippen molar-refractivity contribution in [2.45, 2.75) is 33.2 Å². The minimum absolute atomic E-state index is 0.0301. The molecule has 0 aromatic rings. The Kier molecular flexibility index (Phi) is 4.26. The molecule has 2 N–H and O–H groups in total. The van der Waals surface area contributed by atoms with Crippen molar-refractivity contribution in [3.63, 3.8) is 0 Å². The molecule has 82 valence electrons. The Labute approximate surface area is 85.7 Å². The summed E-state index contributed by atoms with van der Waals surface area (Å²) in [7, 11) is 3.47. The van der Waals surface area contributed by atoms with Gasteiger partial charge in [0.05, 0.1) is 20.5 Å². The van der Waals surface area contributed by atoms with E-state index in [2.05, 4.69) is 0 Å². The SMILES string of the molecule is CCC(=O)[N+](C)(C)C(C(N)=O)C(C)C. The number of carbonyl (C=O) groups excluding carboxylic acids is 2. The minimum atomic E-state index is -0.442. The number of amides is 2. The summed E-state index contributed by atoms with van der Waals surface area (Å²) in [6.07, 6.45) is 0.420. The molecule has 4 nitrogen and oxygen atoms in total. The molecule has 0 aliphatic heterocycles. The second kappa shape index (κ2) is 4.55. The summed E-state index contributed by atoms with van der Waals surface area (Å²) in [6.45, 7) is 5.59. The molecule has 0 aromatic heterocycles. The van der Waals surface area contributed by atoms with Crippen LogP contribution in [0.4, 0.5) is 0 Å². The molecule has 0 heterocycles. The number of hydrogen-bond donors (Lipinski definition) is 1. The Bertz CT molecular complexity index is 234. The van der Waals surface area contributed by atoms with Crippen LogP contribution in [0.3, 0.4) is 0 Å². The van der Waals surface area contributed by atoms with Crippen LogP contribution in [0.5, 0.6) is 0 Å². The molecule has 0 aromatic carbocycles. The second-order valence-electron chi connectivity index (χ2n) is 4.38. The van der Waals surface area contributed by atoms with Crippen molar-refractivity contribution >= 4 is 11.8 Å². The average molecular weight is 201 g/mol. The van der Waals surface area contributed by atoms with Gasteiger partial charge in [-0.3, -0.25) is 9.28 Å². The van der Waals surface area contributed by atoms with Crippen molar-refractivity contribution < 1.29 is 14.1 Å². The van der Waals surface area contributed by atoms with Gasteiger partial charge in [0.15, 0.2) is 6.04 Å². The van der Waals surface area contributed by atoms with E-state index < -0.39 is 11.9 Å². The summed E-state index contributed by atoms with van der Waals surface area (Å²) in [5, 5.41) is 0. The lowest BCUT2D eigenvalue weighted by molar-refractivity contribution is -0.834. The molecule has 1 atom stereocenters. The fraction of sp³-hybridized carbons (Fsp3) is 0.800. The predicted molar refractivity (Wildman–Crippen MR) is 55.2 cm³/mol. The molecule has 0 spiro atoms. The van der Waals surface area contributed by atoms with Crippen molar-refractivity contribution in [3.8, 4) is 0 Å². The molecule has 2 amide bonds. The van der Waals surface area contributed by atoms with Crippen LogP contribution in [-0.2, 0) is 9.59 Å². The zero-order valence-corrected chi connectivity index (χ0v) is 9.70. The van der Waals surface area contributed by atoms with Crippen LogP contribution in [-0.4, -0.2) is 36.4 Å². The first-order valence-electron chi connectivity index (χ1n) is 4.91. The van der Waals surface area contributed by atoms with Gasteiger partial charge in [0.25, 0.3) is 5.91 Å². The average Bonchev–Trinajstić information content (AvgIpc) is 2.00. The van der Waals surface area contributed by atoms with Gasteiger partial charge in [-0.15, -0.1) is 0 Å². The van der Waals surface area contributed by atoms with E-state index in [1.807, 2.05) is 13.8 Å². The smallest absolute Gasteiger partial charge is 0.313 e.